The highest BCUT2D eigenvalue weighted by atomic mass is 19.4. The maximum absolute atomic E-state index is 12.0. The summed E-state index contributed by atoms with van der Waals surface area (Å²) in [6, 6.07) is 7.45. The molecule has 0 bridgehead atoms. The van der Waals surface area contributed by atoms with Gasteiger partial charge in [0.05, 0.1) is 5.52 Å². The van der Waals surface area contributed by atoms with Gasteiger partial charge in [-0.2, -0.15) is 0 Å². The van der Waals surface area contributed by atoms with Gasteiger partial charge in [0.2, 0.25) is 0 Å². The Kier molecular flexibility index (Phi) is 2.22. The van der Waals surface area contributed by atoms with Gasteiger partial charge in [0.25, 0.3) is 0 Å². The van der Waals surface area contributed by atoms with Gasteiger partial charge in [-0.1, -0.05) is 6.07 Å². The lowest BCUT2D eigenvalue weighted by Crippen LogP contribution is -2.17. The third-order valence-electron chi connectivity index (χ3n) is 1.83. The van der Waals surface area contributed by atoms with Crippen molar-refractivity contribution in [3.63, 3.8) is 0 Å². The molecule has 0 saturated heterocycles. The summed E-state index contributed by atoms with van der Waals surface area (Å²) >= 11 is 0. The number of fused-ring (bicyclic) bond motifs is 1. The molecule has 2 rings (SSSR count). The zero-order valence-electron chi connectivity index (χ0n) is 7.45. The van der Waals surface area contributed by atoms with Gasteiger partial charge >= 0.3 is 6.36 Å². The summed E-state index contributed by atoms with van der Waals surface area (Å²) in [5.74, 6) is -0.229. The Labute approximate surface area is 83.3 Å². The molecule has 0 spiro atoms. The third kappa shape index (κ3) is 2.18. The molecular formula is C10H6F3NO. The average Bonchev–Trinajstić information content (AvgIpc) is 2.16. The summed E-state index contributed by atoms with van der Waals surface area (Å²) in [6.07, 6.45) is -3.16. The Hall–Kier alpha value is -1.78. The average molecular weight is 213 g/mol. The fourth-order valence-electron chi connectivity index (χ4n) is 1.29. The van der Waals surface area contributed by atoms with Crippen molar-refractivity contribution < 1.29 is 17.9 Å². The van der Waals surface area contributed by atoms with Crippen molar-refractivity contribution in [1.29, 1.82) is 0 Å². The second-order valence-electron chi connectivity index (χ2n) is 2.87. The zero-order chi connectivity index (χ0) is 10.9. The minimum Gasteiger partial charge on any atom is -0.405 e. The standard InChI is InChI=1S/C10H6F3NO/c11-10(12,13)15-9-5-1-4-8-7(9)3-2-6-14-8/h1-6H. The van der Waals surface area contributed by atoms with Crippen LogP contribution in [-0.4, -0.2) is 11.3 Å². The number of nitrogens with zero attached hydrogens (tertiary/aromatic N) is 1. The van der Waals surface area contributed by atoms with Gasteiger partial charge in [0.15, 0.2) is 0 Å². The van der Waals surface area contributed by atoms with Crippen LogP contribution in [-0.2, 0) is 0 Å². The zero-order valence-corrected chi connectivity index (χ0v) is 7.45. The first kappa shape index (κ1) is 9.76. The quantitative estimate of drug-likeness (QED) is 0.726. The normalized spacial score (nSPS) is 11.7. The van der Waals surface area contributed by atoms with Crippen LogP contribution >= 0.6 is 0 Å². The van der Waals surface area contributed by atoms with E-state index in [0.717, 1.165) is 0 Å². The van der Waals surface area contributed by atoms with E-state index >= 15 is 0 Å². The van der Waals surface area contributed by atoms with Gasteiger partial charge in [-0.15, -0.1) is 13.2 Å². The van der Waals surface area contributed by atoms with E-state index in [1.807, 2.05) is 0 Å². The number of hydrogen-bond donors (Lipinski definition) is 0. The van der Waals surface area contributed by atoms with Crippen LogP contribution in [0, 0.1) is 0 Å². The van der Waals surface area contributed by atoms with Crippen molar-refractivity contribution in [2.75, 3.05) is 0 Å². The maximum Gasteiger partial charge on any atom is 0.573 e. The van der Waals surface area contributed by atoms with Crippen molar-refractivity contribution >= 4 is 10.9 Å². The Morgan fingerprint density at radius 3 is 2.60 bits per heavy atom. The highest BCUT2D eigenvalue weighted by molar-refractivity contribution is 5.84. The number of ether oxygens (including phenoxy) is 1. The predicted molar refractivity (Wildman–Crippen MR) is 48.4 cm³/mol. The van der Waals surface area contributed by atoms with E-state index < -0.39 is 6.36 Å². The second kappa shape index (κ2) is 3.42. The predicted octanol–water partition coefficient (Wildman–Crippen LogP) is 3.13. The summed E-state index contributed by atoms with van der Waals surface area (Å²) in [7, 11) is 0. The van der Waals surface area contributed by atoms with Crippen molar-refractivity contribution in [2.24, 2.45) is 0 Å². The molecule has 0 aliphatic carbocycles. The molecule has 78 valence electrons. The molecule has 15 heavy (non-hydrogen) atoms. The fourth-order valence-corrected chi connectivity index (χ4v) is 1.29. The minimum absolute atomic E-state index is 0.229. The maximum atomic E-state index is 12.0. The van der Waals surface area contributed by atoms with E-state index in [4.69, 9.17) is 0 Å². The molecule has 0 amide bonds. The summed E-state index contributed by atoms with van der Waals surface area (Å²) < 4.78 is 40.0. The number of hydrogen-bond acceptors (Lipinski definition) is 2. The van der Waals surface area contributed by atoms with Crippen molar-refractivity contribution in [2.45, 2.75) is 6.36 Å². The minimum atomic E-state index is -4.68. The number of aromatic nitrogens is 1. The van der Waals surface area contributed by atoms with Crippen LogP contribution in [0.25, 0.3) is 10.9 Å². The number of benzene rings is 1. The van der Waals surface area contributed by atoms with Crippen LogP contribution in [0.3, 0.4) is 0 Å². The summed E-state index contributed by atoms with van der Waals surface area (Å²) in [5.41, 5.74) is 0.472. The molecule has 1 heterocycles. The fraction of sp³-hybridized carbons (Fsp3) is 0.100. The van der Waals surface area contributed by atoms with Crippen LogP contribution in [0.2, 0.25) is 0 Å². The molecule has 0 aliphatic heterocycles. The molecule has 2 nitrogen and oxygen atoms in total. The van der Waals surface area contributed by atoms with E-state index in [-0.39, 0.29) is 5.75 Å². The number of rotatable bonds is 1. The molecule has 2 aromatic rings. The van der Waals surface area contributed by atoms with Crippen molar-refractivity contribution in [3.8, 4) is 5.75 Å². The Morgan fingerprint density at radius 2 is 1.87 bits per heavy atom. The Bertz CT molecular complexity index is 476. The van der Waals surface area contributed by atoms with Crippen LogP contribution < -0.4 is 4.74 Å². The van der Waals surface area contributed by atoms with Crippen molar-refractivity contribution in [1.82, 2.24) is 4.98 Å². The number of pyridine rings is 1. The molecule has 1 aromatic carbocycles. The van der Waals surface area contributed by atoms with Gasteiger partial charge in [-0.05, 0) is 24.3 Å². The van der Waals surface area contributed by atoms with Gasteiger partial charge in [-0.3, -0.25) is 4.98 Å². The number of alkyl halides is 3. The van der Waals surface area contributed by atoms with Gasteiger partial charge in [0.1, 0.15) is 5.75 Å². The Balaban J connectivity index is 2.52. The van der Waals surface area contributed by atoms with Crippen LogP contribution in [0.15, 0.2) is 36.5 Å². The molecule has 5 heteroatoms. The molecule has 0 fully saturated rings. The van der Waals surface area contributed by atoms with Crippen LogP contribution in [0.1, 0.15) is 0 Å². The largest absolute Gasteiger partial charge is 0.573 e. The van der Waals surface area contributed by atoms with Gasteiger partial charge in [-0.25, -0.2) is 0 Å². The molecule has 1 aromatic heterocycles. The molecule has 0 radical (unpaired) electrons. The first-order chi connectivity index (χ1) is 7.06. The molecular weight excluding hydrogens is 207 g/mol. The lowest BCUT2D eigenvalue weighted by atomic mass is 10.2. The monoisotopic (exact) mass is 213 g/mol. The highest BCUT2D eigenvalue weighted by Gasteiger charge is 2.31. The van der Waals surface area contributed by atoms with E-state index in [0.29, 0.717) is 10.9 Å². The van der Waals surface area contributed by atoms with E-state index in [2.05, 4.69) is 9.72 Å². The molecule has 0 unspecified atom stereocenters. The van der Waals surface area contributed by atoms with Crippen LogP contribution in [0.4, 0.5) is 13.2 Å². The van der Waals surface area contributed by atoms with E-state index in [9.17, 15) is 13.2 Å². The Morgan fingerprint density at radius 1 is 1.07 bits per heavy atom. The summed E-state index contributed by atoms with van der Waals surface area (Å²) in [6.45, 7) is 0. The smallest absolute Gasteiger partial charge is 0.405 e. The summed E-state index contributed by atoms with van der Waals surface area (Å²) in [5, 5.41) is 0.345. The molecule has 0 aliphatic rings. The van der Waals surface area contributed by atoms with Gasteiger partial charge < -0.3 is 4.74 Å². The lowest BCUT2D eigenvalue weighted by Gasteiger charge is -2.10. The lowest BCUT2D eigenvalue weighted by molar-refractivity contribution is -0.274. The van der Waals surface area contributed by atoms with Crippen LogP contribution in [0.5, 0.6) is 5.75 Å². The molecule has 0 atom stereocenters. The van der Waals surface area contributed by atoms with Gasteiger partial charge in [0, 0.05) is 11.6 Å². The molecule has 0 saturated carbocycles. The first-order valence-corrected chi connectivity index (χ1v) is 4.16. The second-order valence-corrected chi connectivity index (χ2v) is 2.87. The first-order valence-electron chi connectivity index (χ1n) is 4.16. The SMILES string of the molecule is FC(F)(F)Oc1cccc2ncccc12. The number of halogens is 3. The topological polar surface area (TPSA) is 22.1 Å². The van der Waals surface area contributed by atoms with Crippen molar-refractivity contribution in [3.05, 3.63) is 36.5 Å². The highest BCUT2D eigenvalue weighted by Crippen LogP contribution is 2.29. The summed E-state index contributed by atoms with van der Waals surface area (Å²) in [4.78, 5) is 3.92. The molecule has 0 N–H and O–H groups in total. The third-order valence-corrected chi connectivity index (χ3v) is 1.83. The van der Waals surface area contributed by atoms with E-state index in [1.165, 1.54) is 24.4 Å². The van der Waals surface area contributed by atoms with E-state index in [1.54, 1.807) is 12.1 Å².